The number of ether oxygens (including phenoxy) is 1. The van der Waals surface area contributed by atoms with Gasteiger partial charge >= 0.3 is 0 Å². The monoisotopic (exact) mass is 330 g/mol. The second kappa shape index (κ2) is 5.99. The van der Waals surface area contributed by atoms with Gasteiger partial charge in [-0.1, -0.05) is 55.8 Å². The van der Waals surface area contributed by atoms with Gasteiger partial charge < -0.3 is 10.5 Å². The zero-order valence-corrected chi connectivity index (χ0v) is 13.9. The molecule has 25 heavy (non-hydrogen) atoms. The van der Waals surface area contributed by atoms with Crippen LogP contribution in [0.15, 0.2) is 53.9 Å². The van der Waals surface area contributed by atoms with E-state index in [0.717, 1.165) is 40.4 Å². The summed E-state index contributed by atoms with van der Waals surface area (Å²) in [6, 6.07) is 16.6. The molecule has 5 heteroatoms. The maximum atomic E-state index is 9.69. The maximum Gasteiger partial charge on any atom is 0.244 e. The number of H-pyrrole nitrogens is 1. The number of allylic oxidation sites excluding steroid dienone is 1. The van der Waals surface area contributed by atoms with Crippen LogP contribution in [0.4, 0.5) is 0 Å². The second-order valence-corrected chi connectivity index (χ2v) is 6.20. The van der Waals surface area contributed by atoms with Crippen LogP contribution in [0, 0.1) is 11.3 Å². The number of hydrogen-bond acceptors (Lipinski definition) is 4. The molecule has 4 rings (SSSR count). The van der Waals surface area contributed by atoms with Gasteiger partial charge in [0.15, 0.2) is 0 Å². The number of nitrogens with zero attached hydrogens (tertiary/aromatic N) is 2. The number of fused-ring (bicyclic) bond motifs is 2. The molecule has 1 atom stereocenters. The van der Waals surface area contributed by atoms with Crippen molar-refractivity contribution in [2.24, 2.45) is 5.73 Å². The molecule has 0 aliphatic carbocycles. The Hall–Kier alpha value is -3.26. The lowest BCUT2D eigenvalue weighted by Gasteiger charge is -2.24. The van der Waals surface area contributed by atoms with E-state index in [1.54, 1.807) is 0 Å². The van der Waals surface area contributed by atoms with E-state index in [0.29, 0.717) is 11.5 Å². The van der Waals surface area contributed by atoms with Crippen LogP contribution < -0.4 is 10.5 Å². The van der Waals surface area contributed by atoms with Gasteiger partial charge in [-0.2, -0.15) is 5.26 Å². The number of nitrogens with two attached hydrogens (primary N) is 1. The van der Waals surface area contributed by atoms with Gasteiger partial charge in [-0.05, 0) is 22.8 Å². The van der Waals surface area contributed by atoms with Crippen molar-refractivity contribution in [3.05, 3.63) is 70.7 Å². The van der Waals surface area contributed by atoms with E-state index < -0.39 is 0 Å². The fraction of sp³-hybridized carbons (Fsp3) is 0.200. The first kappa shape index (κ1) is 15.3. The SMILES string of the molecule is CCCc1[nH]nc2c1C(c1ccc3ccccc3c1)C(C#N)=C(N)O2. The summed E-state index contributed by atoms with van der Waals surface area (Å²) < 4.78 is 5.59. The molecule has 0 saturated heterocycles. The maximum absolute atomic E-state index is 9.69. The Bertz CT molecular complexity index is 1030. The number of hydrogen-bond donors (Lipinski definition) is 2. The molecule has 1 aromatic heterocycles. The number of nitrogens with one attached hydrogen (secondary N) is 1. The summed E-state index contributed by atoms with van der Waals surface area (Å²) >= 11 is 0. The molecule has 3 N–H and O–H groups in total. The van der Waals surface area contributed by atoms with Crippen molar-refractivity contribution < 1.29 is 4.74 Å². The normalized spacial score (nSPS) is 16.4. The molecule has 2 aromatic carbocycles. The van der Waals surface area contributed by atoms with Gasteiger partial charge in [0.2, 0.25) is 11.8 Å². The van der Waals surface area contributed by atoms with Crippen LogP contribution in [0.5, 0.6) is 5.88 Å². The first-order valence-electron chi connectivity index (χ1n) is 8.36. The third-order valence-corrected chi connectivity index (χ3v) is 4.62. The molecule has 0 saturated carbocycles. The molecule has 5 nitrogen and oxygen atoms in total. The molecule has 0 spiro atoms. The first-order valence-corrected chi connectivity index (χ1v) is 8.36. The van der Waals surface area contributed by atoms with Gasteiger partial charge in [0, 0.05) is 11.3 Å². The summed E-state index contributed by atoms with van der Waals surface area (Å²) in [5.74, 6) is 0.333. The first-order chi connectivity index (χ1) is 12.2. The molecule has 1 aliphatic heterocycles. The number of benzene rings is 2. The van der Waals surface area contributed by atoms with E-state index in [2.05, 4.69) is 53.5 Å². The summed E-state index contributed by atoms with van der Waals surface area (Å²) in [5, 5.41) is 19.3. The lowest BCUT2D eigenvalue weighted by molar-refractivity contribution is 0.378. The van der Waals surface area contributed by atoms with Crippen molar-refractivity contribution in [3.8, 4) is 11.9 Å². The number of aromatic amines is 1. The largest absolute Gasteiger partial charge is 0.420 e. The summed E-state index contributed by atoms with van der Waals surface area (Å²) in [7, 11) is 0. The van der Waals surface area contributed by atoms with Gasteiger partial charge in [0.05, 0.1) is 5.92 Å². The minimum Gasteiger partial charge on any atom is -0.420 e. The van der Waals surface area contributed by atoms with Crippen LogP contribution in [0.1, 0.15) is 36.1 Å². The van der Waals surface area contributed by atoms with E-state index in [-0.39, 0.29) is 11.8 Å². The van der Waals surface area contributed by atoms with Crippen molar-refractivity contribution in [1.82, 2.24) is 10.2 Å². The number of rotatable bonds is 3. The molecule has 0 radical (unpaired) electrons. The summed E-state index contributed by atoms with van der Waals surface area (Å²) in [4.78, 5) is 0. The van der Waals surface area contributed by atoms with Gasteiger partial charge in [0.25, 0.3) is 0 Å². The lowest BCUT2D eigenvalue weighted by atomic mass is 9.83. The number of nitriles is 1. The Morgan fingerprint density at radius 1 is 1.24 bits per heavy atom. The topological polar surface area (TPSA) is 87.7 Å². The van der Waals surface area contributed by atoms with Gasteiger partial charge in [-0.25, -0.2) is 0 Å². The molecule has 0 bridgehead atoms. The molecule has 3 aromatic rings. The fourth-order valence-electron chi connectivity index (χ4n) is 3.47. The highest BCUT2D eigenvalue weighted by atomic mass is 16.5. The van der Waals surface area contributed by atoms with Gasteiger partial charge in [-0.15, -0.1) is 5.10 Å². The third kappa shape index (κ3) is 2.43. The molecular formula is C20H18N4O. The molecule has 0 fully saturated rings. The van der Waals surface area contributed by atoms with Crippen molar-refractivity contribution in [2.75, 3.05) is 0 Å². The smallest absolute Gasteiger partial charge is 0.244 e. The van der Waals surface area contributed by atoms with Gasteiger partial charge in [-0.3, -0.25) is 5.10 Å². The van der Waals surface area contributed by atoms with Crippen LogP contribution in [0.2, 0.25) is 0 Å². The van der Waals surface area contributed by atoms with E-state index >= 15 is 0 Å². The number of aromatic nitrogens is 2. The third-order valence-electron chi connectivity index (χ3n) is 4.62. The fourth-order valence-corrected chi connectivity index (χ4v) is 3.47. The highest BCUT2D eigenvalue weighted by Gasteiger charge is 2.34. The number of aryl methyl sites for hydroxylation is 1. The van der Waals surface area contributed by atoms with Crippen LogP contribution in [0.3, 0.4) is 0 Å². The average Bonchev–Trinajstić information content (AvgIpc) is 3.02. The minimum absolute atomic E-state index is 0.128. The standard InChI is InChI=1S/C20H18N4O/c1-2-5-16-18-17(15(11-21)19(22)25-20(18)24-23-16)14-9-8-12-6-3-4-7-13(12)10-14/h3-4,6-10,17H,2,5,22H2,1H3,(H,23,24). The average molecular weight is 330 g/mol. The molecule has 0 amide bonds. The Morgan fingerprint density at radius 3 is 2.80 bits per heavy atom. The van der Waals surface area contributed by atoms with E-state index in [4.69, 9.17) is 10.5 Å². The van der Waals surface area contributed by atoms with E-state index in [1.165, 1.54) is 0 Å². The zero-order valence-electron chi connectivity index (χ0n) is 13.9. The zero-order chi connectivity index (χ0) is 17.4. The predicted molar refractivity (Wildman–Crippen MR) is 95.8 cm³/mol. The van der Waals surface area contributed by atoms with Gasteiger partial charge in [0.1, 0.15) is 11.6 Å². The highest BCUT2D eigenvalue weighted by Crippen LogP contribution is 2.43. The summed E-state index contributed by atoms with van der Waals surface area (Å²) in [5.41, 5.74) is 9.37. The van der Waals surface area contributed by atoms with Crippen molar-refractivity contribution in [3.63, 3.8) is 0 Å². The highest BCUT2D eigenvalue weighted by molar-refractivity contribution is 5.83. The predicted octanol–water partition coefficient (Wildman–Crippen LogP) is 3.73. The molecule has 124 valence electrons. The molecule has 2 heterocycles. The Labute approximate surface area is 145 Å². The van der Waals surface area contributed by atoms with Crippen LogP contribution >= 0.6 is 0 Å². The van der Waals surface area contributed by atoms with Crippen LogP contribution in [-0.2, 0) is 6.42 Å². The quantitative estimate of drug-likeness (QED) is 0.766. The second-order valence-electron chi connectivity index (χ2n) is 6.20. The molecular weight excluding hydrogens is 312 g/mol. The Morgan fingerprint density at radius 2 is 2.04 bits per heavy atom. The van der Waals surface area contributed by atoms with Crippen molar-refractivity contribution in [1.29, 1.82) is 5.26 Å². The van der Waals surface area contributed by atoms with E-state index in [1.807, 2.05) is 12.1 Å². The van der Waals surface area contributed by atoms with Crippen LogP contribution in [0.25, 0.3) is 10.8 Å². The molecule has 1 unspecified atom stereocenters. The Balaban J connectivity index is 1.94. The minimum atomic E-state index is -0.265. The molecule has 1 aliphatic rings. The summed E-state index contributed by atoms with van der Waals surface area (Å²) in [6.07, 6.45) is 1.81. The Kier molecular flexibility index (Phi) is 3.66. The van der Waals surface area contributed by atoms with Crippen LogP contribution in [-0.4, -0.2) is 10.2 Å². The van der Waals surface area contributed by atoms with E-state index in [9.17, 15) is 5.26 Å². The summed E-state index contributed by atoms with van der Waals surface area (Å²) in [6.45, 7) is 2.11. The van der Waals surface area contributed by atoms with Crippen molar-refractivity contribution in [2.45, 2.75) is 25.7 Å². The lowest BCUT2D eigenvalue weighted by Crippen LogP contribution is -2.21. The van der Waals surface area contributed by atoms with Crippen molar-refractivity contribution >= 4 is 10.8 Å².